The van der Waals surface area contributed by atoms with Gasteiger partial charge in [-0.1, -0.05) is 18.2 Å². The highest BCUT2D eigenvalue weighted by molar-refractivity contribution is 5.97. The summed E-state index contributed by atoms with van der Waals surface area (Å²) in [7, 11) is 0. The number of ether oxygens (including phenoxy) is 2. The van der Waals surface area contributed by atoms with Crippen molar-refractivity contribution in [3.05, 3.63) is 70.2 Å². The average Bonchev–Trinajstić information content (AvgIpc) is 3.26. The fourth-order valence-electron chi connectivity index (χ4n) is 3.84. The number of hydrogen-bond acceptors (Lipinski definition) is 8. The molecule has 2 atom stereocenters. The van der Waals surface area contributed by atoms with E-state index < -0.39 is 23.9 Å². The smallest absolute Gasteiger partial charge is 0.328 e. The quantitative estimate of drug-likeness (QED) is 0.232. The Balaban J connectivity index is 1.78. The third-order valence-electron chi connectivity index (χ3n) is 5.51. The van der Waals surface area contributed by atoms with E-state index in [0.29, 0.717) is 22.2 Å². The van der Waals surface area contributed by atoms with Crippen LogP contribution in [0.15, 0.2) is 47.9 Å². The molecular formula is C25H29N5O6. The topological polar surface area (TPSA) is 169 Å². The zero-order chi connectivity index (χ0) is 26.2. The lowest BCUT2D eigenvalue weighted by molar-refractivity contribution is -0.146. The first-order chi connectivity index (χ1) is 17.3. The van der Waals surface area contributed by atoms with E-state index >= 15 is 0 Å². The number of nitrogen functional groups attached to an aromatic ring is 1. The van der Waals surface area contributed by atoms with E-state index in [1.165, 1.54) is 0 Å². The molecule has 11 nitrogen and oxygen atoms in total. The Morgan fingerprint density at radius 1 is 1.17 bits per heavy atom. The van der Waals surface area contributed by atoms with Crippen LogP contribution in [-0.4, -0.2) is 52.1 Å². The molecule has 0 radical (unpaired) electrons. The van der Waals surface area contributed by atoms with Crippen molar-refractivity contribution in [3.63, 3.8) is 0 Å². The minimum Gasteiger partial charge on any atom is -0.466 e. The Morgan fingerprint density at radius 3 is 2.50 bits per heavy atom. The molecule has 36 heavy (non-hydrogen) atoms. The fourth-order valence-corrected chi connectivity index (χ4v) is 3.84. The van der Waals surface area contributed by atoms with E-state index in [0.717, 1.165) is 5.56 Å². The average molecular weight is 496 g/mol. The van der Waals surface area contributed by atoms with Crippen molar-refractivity contribution in [1.29, 1.82) is 0 Å². The number of rotatable bonds is 11. The number of anilines is 1. The molecule has 2 heterocycles. The summed E-state index contributed by atoms with van der Waals surface area (Å²) in [5.41, 5.74) is 7.36. The lowest BCUT2D eigenvalue weighted by Gasteiger charge is -2.17. The standard InChI is InChI=1S/C25H29N5O6/c1-4-16(17-13-27-21-20(17)23(33)30-25(26)29-21)14-7-9-15(10-8-14)22(32)28-18(24(34)36-6-3)11-12-19(31)35-5-2/h4,7-10,13,16,18H,1,5-6,11-12H2,2-3H3,(H,28,32)(H4,26,27,29,30,33)/t16?,18-/m0/s1. The third kappa shape index (κ3) is 5.98. The van der Waals surface area contributed by atoms with Gasteiger partial charge in [-0.2, -0.15) is 4.98 Å². The van der Waals surface area contributed by atoms with E-state index in [1.807, 2.05) is 0 Å². The second-order valence-electron chi connectivity index (χ2n) is 7.88. The summed E-state index contributed by atoms with van der Waals surface area (Å²) in [5.74, 6) is -1.94. The Bertz CT molecular complexity index is 1310. The zero-order valence-electron chi connectivity index (χ0n) is 20.1. The van der Waals surface area contributed by atoms with Crippen LogP contribution >= 0.6 is 0 Å². The third-order valence-corrected chi connectivity index (χ3v) is 5.51. The van der Waals surface area contributed by atoms with Gasteiger partial charge in [-0.15, -0.1) is 6.58 Å². The normalized spacial score (nSPS) is 12.5. The number of aromatic amines is 2. The Morgan fingerprint density at radius 2 is 1.86 bits per heavy atom. The molecule has 0 aliphatic rings. The molecule has 1 unspecified atom stereocenters. The summed E-state index contributed by atoms with van der Waals surface area (Å²) in [6.45, 7) is 7.60. The number of hydrogen-bond donors (Lipinski definition) is 4. The number of H-pyrrole nitrogens is 2. The first kappa shape index (κ1) is 26.2. The van der Waals surface area contributed by atoms with Crippen molar-refractivity contribution in [3.8, 4) is 0 Å². The summed E-state index contributed by atoms with van der Waals surface area (Å²) in [4.78, 5) is 58.9. The van der Waals surface area contributed by atoms with Gasteiger partial charge in [0.15, 0.2) is 0 Å². The molecule has 5 N–H and O–H groups in total. The van der Waals surface area contributed by atoms with E-state index in [4.69, 9.17) is 15.2 Å². The number of benzene rings is 1. The second-order valence-corrected chi connectivity index (χ2v) is 7.88. The van der Waals surface area contributed by atoms with E-state index in [1.54, 1.807) is 50.4 Å². The molecule has 2 aromatic heterocycles. The predicted molar refractivity (Wildman–Crippen MR) is 133 cm³/mol. The molecule has 0 aliphatic carbocycles. The number of fused-ring (bicyclic) bond motifs is 1. The predicted octanol–water partition coefficient (Wildman–Crippen LogP) is 2.16. The van der Waals surface area contributed by atoms with Crippen molar-refractivity contribution >= 4 is 34.8 Å². The minimum atomic E-state index is -1.000. The van der Waals surface area contributed by atoms with Gasteiger partial charge in [-0.05, 0) is 43.5 Å². The molecule has 3 aromatic rings. The van der Waals surface area contributed by atoms with Gasteiger partial charge in [0.25, 0.3) is 11.5 Å². The van der Waals surface area contributed by atoms with Crippen LogP contribution < -0.4 is 16.6 Å². The van der Waals surface area contributed by atoms with Crippen LogP contribution in [0.25, 0.3) is 11.0 Å². The van der Waals surface area contributed by atoms with Crippen LogP contribution in [0.3, 0.4) is 0 Å². The highest BCUT2D eigenvalue weighted by atomic mass is 16.5. The van der Waals surface area contributed by atoms with Crippen molar-refractivity contribution in [2.45, 2.75) is 38.6 Å². The SMILES string of the molecule is C=CC(c1ccc(C(=O)N[C@@H](CCC(=O)OCC)C(=O)OCC)cc1)c1c[nH]c2nc(N)[nH]c(=O)c12. The maximum atomic E-state index is 12.8. The van der Waals surface area contributed by atoms with Gasteiger partial charge in [-0.25, -0.2) is 4.79 Å². The summed E-state index contributed by atoms with van der Waals surface area (Å²) in [6.07, 6.45) is 3.36. The van der Waals surface area contributed by atoms with E-state index in [-0.39, 0.29) is 43.5 Å². The Hall–Kier alpha value is -4.41. The number of allylic oxidation sites excluding steroid dienone is 1. The molecule has 0 saturated carbocycles. The first-order valence-electron chi connectivity index (χ1n) is 11.5. The summed E-state index contributed by atoms with van der Waals surface area (Å²) in [6, 6.07) is 5.67. The lowest BCUT2D eigenvalue weighted by Crippen LogP contribution is -2.42. The maximum Gasteiger partial charge on any atom is 0.328 e. The minimum absolute atomic E-state index is 0.00907. The van der Waals surface area contributed by atoms with Crippen molar-refractivity contribution < 1.29 is 23.9 Å². The molecule has 0 spiro atoms. The molecule has 0 aliphatic heterocycles. The summed E-state index contributed by atoms with van der Waals surface area (Å²) < 4.78 is 9.92. The zero-order valence-corrected chi connectivity index (χ0v) is 20.1. The summed E-state index contributed by atoms with van der Waals surface area (Å²) >= 11 is 0. The van der Waals surface area contributed by atoms with Gasteiger partial charge < -0.3 is 25.5 Å². The van der Waals surface area contributed by atoms with Crippen LogP contribution in [0, 0.1) is 0 Å². The molecule has 0 fully saturated rings. The number of nitrogens with two attached hydrogens (primary N) is 1. The van der Waals surface area contributed by atoms with Crippen LogP contribution in [0.1, 0.15) is 54.1 Å². The van der Waals surface area contributed by atoms with E-state index in [9.17, 15) is 19.2 Å². The van der Waals surface area contributed by atoms with Gasteiger partial charge in [0.1, 0.15) is 11.7 Å². The van der Waals surface area contributed by atoms with Crippen LogP contribution in [0.4, 0.5) is 5.95 Å². The number of nitrogens with one attached hydrogen (secondary N) is 3. The fraction of sp³-hybridized carbons (Fsp3) is 0.320. The van der Waals surface area contributed by atoms with Crippen molar-refractivity contribution in [2.24, 2.45) is 0 Å². The highest BCUT2D eigenvalue weighted by Crippen LogP contribution is 2.30. The van der Waals surface area contributed by atoms with Gasteiger partial charge >= 0.3 is 11.9 Å². The van der Waals surface area contributed by atoms with Gasteiger partial charge in [0.2, 0.25) is 5.95 Å². The molecule has 11 heteroatoms. The van der Waals surface area contributed by atoms with Crippen LogP contribution in [-0.2, 0) is 19.1 Å². The van der Waals surface area contributed by atoms with Crippen molar-refractivity contribution in [2.75, 3.05) is 18.9 Å². The molecule has 0 bridgehead atoms. The lowest BCUT2D eigenvalue weighted by atomic mass is 9.91. The second kappa shape index (κ2) is 11.8. The number of carbonyl (C=O) groups excluding carboxylic acids is 3. The summed E-state index contributed by atoms with van der Waals surface area (Å²) in [5, 5.41) is 3.00. The van der Waals surface area contributed by atoms with E-state index in [2.05, 4.69) is 26.8 Å². The Kier molecular flexibility index (Phi) is 8.61. The highest BCUT2D eigenvalue weighted by Gasteiger charge is 2.24. The number of amides is 1. The molecule has 3 rings (SSSR count). The monoisotopic (exact) mass is 495 g/mol. The Labute approximate surface area is 207 Å². The van der Waals surface area contributed by atoms with Gasteiger partial charge in [-0.3, -0.25) is 19.4 Å². The number of carbonyl (C=O) groups is 3. The maximum absolute atomic E-state index is 12.8. The largest absolute Gasteiger partial charge is 0.466 e. The molecular weight excluding hydrogens is 466 g/mol. The van der Waals surface area contributed by atoms with Crippen LogP contribution in [0.5, 0.6) is 0 Å². The van der Waals surface area contributed by atoms with Crippen molar-refractivity contribution in [1.82, 2.24) is 20.3 Å². The van der Waals surface area contributed by atoms with Gasteiger partial charge in [0.05, 0.1) is 18.6 Å². The van der Waals surface area contributed by atoms with Gasteiger partial charge in [0, 0.05) is 24.1 Å². The van der Waals surface area contributed by atoms with Crippen LogP contribution in [0.2, 0.25) is 0 Å². The number of esters is 2. The molecule has 0 saturated heterocycles. The molecule has 1 aromatic carbocycles. The molecule has 1 amide bonds. The molecule has 190 valence electrons. The number of nitrogens with zero attached hydrogens (tertiary/aromatic N) is 1. The first-order valence-corrected chi connectivity index (χ1v) is 11.5. The number of aromatic nitrogens is 3.